The van der Waals surface area contributed by atoms with Crippen LogP contribution in [0.5, 0.6) is 0 Å². The van der Waals surface area contributed by atoms with Crippen molar-refractivity contribution in [3.8, 4) is 10.7 Å². The van der Waals surface area contributed by atoms with E-state index in [1.165, 1.54) is 5.56 Å². The first kappa shape index (κ1) is 13.0. The van der Waals surface area contributed by atoms with Crippen LogP contribution in [0.2, 0.25) is 5.15 Å². The van der Waals surface area contributed by atoms with Gasteiger partial charge in [-0.1, -0.05) is 27.5 Å². The van der Waals surface area contributed by atoms with Crippen LogP contribution in [-0.4, -0.2) is 9.97 Å². The van der Waals surface area contributed by atoms with E-state index in [0.29, 0.717) is 11.0 Å². The molecular formula is C14H10BrClN2S. The van der Waals surface area contributed by atoms with E-state index < -0.39 is 0 Å². The zero-order chi connectivity index (χ0) is 13.6. The molecule has 2 nitrogen and oxygen atoms in total. The zero-order valence-corrected chi connectivity index (χ0v) is 13.5. The fourth-order valence-electron chi connectivity index (χ4n) is 1.97. The van der Waals surface area contributed by atoms with Gasteiger partial charge in [0.05, 0.1) is 10.4 Å². The Hall–Kier alpha value is -0.970. The molecule has 0 atom stereocenters. The van der Waals surface area contributed by atoms with Crippen molar-refractivity contribution in [1.29, 1.82) is 0 Å². The summed E-state index contributed by atoms with van der Waals surface area (Å²) in [5, 5.41) is 3.43. The Kier molecular flexibility index (Phi) is 3.33. The summed E-state index contributed by atoms with van der Waals surface area (Å²) in [6, 6.07) is 5.98. The summed E-state index contributed by atoms with van der Waals surface area (Å²) in [4.78, 5) is 10.2. The lowest BCUT2D eigenvalue weighted by Gasteiger charge is -2.07. The van der Waals surface area contributed by atoms with Gasteiger partial charge in [-0.25, -0.2) is 9.97 Å². The van der Waals surface area contributed by atoms with Crippen LogP contribution in [0.25, 0.3) is 21.6 Å². The fourth-order valence-corrected chi connectivity index (χ4v) is 3.38. The molecule has 3 aromatic rings. The molecule has 0 fully saturated rings. The summed E-state index contributed by atoms with van der Waals surface area (Å²) in [6.07, 6.45) is 0. The lowest BCUT2D eigenvalue weighted by molar-refractivity contribution is 1.22. The van der Waals surface area contributed by atoms with Gasteiger partial charge in [0.25, 0.3) is 0 Å². The second kappa shape index (κ2) is 4.85. The van der Waals surface area contributed by atoms with Crippen molar-refractivity contribution in [2.75, 3.05) is 0 Å². The molecule has 96 valence electrons. The summed E-state index contributed by atoms with van der Waals surface area (Å²) in [5.41, 5.74) is 3.16. The van der Waals surface area contributed by atoms with Gasteiger partial charge in [0.1, 0.15) is 5.15 Å². The third-order valence-electron chi connectivity index (χ3n) is 3.07. The topological polar surface area (TPSA) is 25.8 Å². The van der Waals surface area contributed by atoms with Crippen LogP contribution in [-0.2, 0) is 0 Å². The molecule has 0 aliphatic rings. The standard InChI is InChI=1S/C14H10BrClN2S/c1-7-5-6-19-12(7)14-17-11-8(2)10(15)4-3-9(11)13(16)18-14/h3-6H,1-2H3. The molecular weight excluding hydrogens is 344 g/mol. The molecule has 0 saturated carbocycles. The highest BCUT2D eigenvalue weighted by atomic mass is 79.9. The second-order valence-electron chi connectivity index (χ2n) is 4.34. The molecule has 0 spiro atoms. The summed E-state index contributed by atoms with van der Waals surface area (Å²) in [5.74, 6) is 0.700. The number of halogens is 2. The van der Waals surface area contributed by atoms with Crippen LogP contribution in [0.15, 0.2) is 28.1 Å². The van der Waals surface area contributed by atoms with Crippen molar-refractivity contribution in [2.24, 2.45) is 0 Å². The minimum absolute atomic E-state index is 0.503. The first-order chi connectivity index (χ1) is 9.08. The van der Waals surface area contributed by atoms with Gasteiger partial charge in [-0.2, -0.15) is 0 Å². The maximum atomic E-state index is 6.29. The average molecular weight is 354 g/mol. The van der Waals surface area contributed by atoms with Crippen molar-refractivity contribution < 1.29 is 0 Å². The quantitative estimate of drug-likeness (QED) is 0.548. The lowest BCUT2D eigenvalue weighted by atomic mass is 10.1. The third kappa shape index (κ3) is 2.18. The van der Waals surface area contributed by atoms with Crippen LogP contribution in [0.1, 0.15) is 11.1 Å². The zero-order valence-electron chi connectivity index (χ0n) is 10.4. The summed E-state index contributed by atoms with van der Waals surface area (Å²) >= 11 is 11.5. The molecule has 0 aliphatic heterocycles. The Bertz CT molecular complexity index is 782. The molecule has 5 heteroatoms. The predicted octanol–water partition coefficient (Wildman–Crippen LogP) is 5.39. The Morgan fingerprint density at radius 1 is 1.16 bits per heavy atom. The van der Waals surface area contributed by atoms with E-state index in [-0.39, 0.29) is 0 Å². The van der Waals surface area contributed by atoms with Crippen LogP contribution in [0.4, 0.5) is 0 Å². The van der Waals surface area contributed by atoms with Crippen molar-refractivity contribution in [3.63, 3.8) is 0 Å². The van der Waals surface area contributed by atoms with Gasteiger partial charge in [0, 0.05) is 9.86 Å². The number of benzene rings is 1. The van der Waals surface area contributed by atoms with E-state index in [4.69, 9.17) is 11.6 Å². The number of thiophene rings is 1. The maximum absolute atomic E-state index is 6.29. The largest absolute Gasteiger partial charge is 0.227 e. The molecule has 0 radical (unpaired) electrons. The summed E-state index contributed by atoms with van der Waals surface area (Å²) in [6.45, 7) is 4.09. The molecule has 0 saturated heterocycles. The minimum Gasteiger partial charge on any atom is -0.227 e. The molecule has 0 bridgehead atoms. The summed E-state index contributed by atoms with van der Waals surface area (Å²) < 4.78 is 1.03. The molecule has 0 unspecified atom stereocenters. The number of rotatable bonds is 1. The Morgan fingerprint density at radius 2 is 1.95 bits per heavy atom. The fraction of sp³-hybridized carbons (Fsp3) is 0.143. The molecule has 2 heterocycles. The maximum Gasteiger partial charge on any atom is 0.171 e. The molecule has 19 heavy (non-hydrogen) atoms. The van der Waals surface area contributed by atoms with Gasteiger partial charge in [0.2, 0.25) is 0 Å². The van der Waals surface area contributed by atoms with E-state index in [9.17, 15) is 0 Å². The molecule has 1 aromatic carbocycles. The highest BCUT2D eigenvalue weighted by Gasteiger charge is 2.13. The van der Waals surface area contributed by atoms with E-state index in [1.54, 1.807) is 11.3 Å². The lowest BCUT2D eigenvalue weighted by Crippen LogP contribution is -1.94. The summed E-state index contributed by atoms with van der Waals surface area (Å²) in [7, 11) is 0. The number of hydrogen-bond donors (Lipinski definition) is 0. The first-order valence-corrected chi connectivity index (χ1v) is 7.80. The Balaban J connectivity index is 2.35. The second-order valence-corrected chi connectivity index (χ2v) is 6.47. The normalized spacial score (nSPS) is 11.2. The molecule has 0 aliphatic carbocycles. The monoisotopic (exact) mass is 352 g/mol. The molecule has 2 aromatic heterocycles. The Labute approximate surface area is 128 Å². The van der Waals surface area contributed by atoms with Crippen LogP contribution in [0, 0.1) is 13.8 Å². The smallest absolute Gasteiger partial charge is 0.171 e. The molecule has 0 amide bonds. The predicted molar refractivity (Wildman–Crippen MR) is 85.0 cm³/mol. The van der Waals surface area contributed by atoms with Gasteiger partial charge in [-0.05, 0) is 48.6 Å². The van der Waals surface area contributed by atoms with Gasteiger partial charge in [-0.3, -0.25) is 0 Å². The van der Waals surface area contributed by atoms with E-state index >= 15 is 0 Å². The van der Waals surface area contributed by atoms with E-state index in [2.05, 4.69) is 38.9 Å². The highest BCUT2D eigenvalue weighted by molar-refractivity contribution is 9.10. The van der Waals surface area contributed by atoms with Gasteiger partial charge >= 0.3 is 0 Å². The van der Waals surface area contributed by atoms with E-state index in [1.807, 2.05) is 24.4 Å². The van der Waals surface area contributed by atoms with Crippen LogP contribution in [0.3, 0.4) is 0 Å². The average Bonchev–Trinajstić information content (AvgIpc) is 2.80. The van der Waals surface area contributed by atoms with Crippen molar-refractivity contribution >= 4 is 49.8 Å². The highest BCUT2D eigenvalue weighted by Crippen LogP contribution is 2.32. The first-order valence-electron chi connectivity index (χ1n) is 5.74. The SMILES string of the molecule is Cc1ccsc1-c1nc(Cl)c2ccc(Br)c(C)c2n1. The van der Waals surface area contributed by atoms with Gasteiger partial charge in [0.15, 0.2) is 5.82 Å². The molecule has 0 N–H and O–H groups in total. The number of aromatic nitrogens is 2. The van der Waals surface area contributed by atoms with Gasteiger partial charge in [-0.15, -0.1) is 11.3 Å². The number of nitrogens with zero attached hydrogens (tertiary/aromatic N) is 2. The van der Waals surface area contributed by atoms with Crippen LogP contribution < -0.4 is 0 Å². The minimum atomic E-state index is 0.503. The molecule has 3 rings (SSSR count). The number of aryl methyl sites for hydroxylation is 2. The van der Waals surface area contributed by atoms with Crippen molar-refractivity contribution in [3.05, 3.63) is 44.3 Å². The van der Waals surface area contributed by atoms with E-state index in [0.717, 1.165) is 25.8 Å². The Morgan fingerprint density at radius 3 is 2.63 bits per heavy atom. The number of fused-ring (bicyclic) bond motifs is 1. The number of hydrogen-bond acceptors (Lipinski definition) is 3. The van der Waals surface area contributed by atoms with Crippen molar-refractivity contribution in [2.45, 2.75) is 13.8 Å². The van der Waals surface area contributed by atoms with Gasteiger partial charge < -0.3 is 0 Å². The van der Waals surface area contributed by atoms with Crippen molar-refractivity contribution in [1.82, 2.24) is 9.97 Å². The third-order valence-corrected chi connectivity index (χ3v) is 5.23. The van der Waals surface area contributed by atoms with Crippen LogP contribution >= 0.6 is 38.9 Å².